The first-order chi connectivity index (χ1) is 9.19. The van der Waals surface area contributed by atoms with Crippen molar-refractivity contribution in [1.82, 2.24) is 5.32 Å². The highest BCUT2D eigenvalue weighted by atomic mass is 35.5. The molecule has 0 aromatic heterocycles. The molecule has 1 saturated heterocycles. The van der Waals surface area contributed by atoms with Crippen LogP contribution in [0, 0.1) is 0 Å². The molecular weight excluding hydrogens is 282 g/mol. The molecular formula is C14H18ClNO2S. The second kappa shape index (κ2) is 6.64. The van der Waals surface area contributed by atoms with Crippen molar-refractivity contribution < 1.29 is 9.53 Å². The van der Waals surface area contributed by atoms with Crippen LogP contribution in [0.4, 0.5) is 0 Å². The SMILES string of the molecule is CSc1ccc(C(=O)NC2(CCl)CCOCC2)cc1. The van der Waals surface area contributed by atoms with E-state index in [2.05, 4.69) is 5.32 Å². The van der Waals surface area contributed by atoms with Crippen LogP contribution in [0.15, 0.2) is 29.2 Å². The van der Waals surface area contributed by atoms with Gasteiger partial charge in [0.15, 0.2) is 0 Å². The van der Waals surface area contributed by atoms with Crippen molar-refractivity contribution in [2.45, 2.75) is 23.3 Å². The van der Waals surface area contributed by atoms with Gasteiger partial charge in [-0.2, -0.15) is 0 Å². The van der Waals surface area contributed by atoms with Crippen molar-refractivity contribution in [1.29, 1.82) is 0 Å². The lowest BCUT2D eigenvalue weighted by Gasteiger charge is -2.36. The van der Waals surface area contributed by atoms with Gasteiger partial charge in [-0.1, -0.05) is 0 Å². The Bertz CT molecular complexity index is 430. The number of carbonyl (C=O) groups excluding carboxylic acids is 1. The summed E-state index contributed by atoms with van der Waals surface area (Å²) < 4.78 is 5.33. The Balaban J connectivity index is 2.06. The van der Waals surface area contributed by atoms with Gasteiger partial charge in [0.25, 0.3) is 5.91 Å². The van der Waals surface area contributed by atoms with E-state index in [1.807, 2.05) is 30.5 Å². The third-order valence-corrected chi connectivity index (χ3v) is 4.69. The van der Waals surface area contributed by atoms with Crippen molar-refractivity contribution in [2.75, 3.05) is 25.3 Å². The maximum absolute atomic E-state index is 12.3. The van der Waals surface area contributed by atoms with E-state index in [1.165, 1.54) is 0 Å². The maximum Gasteiger partial charge on any atom is 0.251 e. The highest BCUT2D eigenvalue weighted by Gasteiger charge is 2.33. The second-order valence-electron chi connectivity index (χ2n) is 4.71. The minimum Gasteiger partial charge on any atom is -0.381 e. The minimum absolute atomic E-state index is 0.0600. The van der Waals surface area contributed by atoms with Crippen LogP contribution in [-0.4, -0.2) is 36.8 Å². The van der Waals surface area contributed by atoms with E-state index in [4.69, 9.17) is 16.3 Å². The van der Waals surface area contributed by atoms with Gasteiger partial charge in [0.2, 0.25) is 0 Å². The van der Waals surface area contributed by atoms with E-state index in [9.17, 15) is 4.79 Å². The number of nitrogens with one attached hydrogen (secondary N) is 1. The summed E-state index contributed by atoms with van der Waals surface area (Å²) in [6, 6.07) is 7.61. The molecule has 1 aromatic carbocycles. The molecule has 0 spiro atoms. The lowest BCUT2D eigenvalue weighted by atomic mass is 9.92. The first-order valence-electron chi connectivity index (χ1n) is 6.29. The van der Waals surface area contributed by atoms with Crippen LogP contribution >= 0.6 is 23.4 Å². The zero-order valence-corrected chi connectivity index (χ0v) is 12.5. The quantitative estimate of drug-likeness (QED) is 0.686. The molecule has 2 rings (SSSR count). The molecule has 0 aliphatic carbocycles. The molecule has 1 amide bonds. The molecule has 104 valence electrons. The van der Waals surface area contributed by atoms with Crippen LogP contribution in [0.3, 0.4) is 0 Å². The zero-order chi connectivity index (χ0) is 13.7. The summed E-state index contributed by atoms with van der Waals surface area (Å²) in [5.41, 5.74) is 0.350. The smallest absolute Gasteiger partial charge is 0.251 e. The van der Waals surface area contributed by atoms with Crippen LogP contribution in [0.1, 0.15) is 23.2 Å². The standard InChI is InChI=1S/C14H18ClNO2S/c1-19-12-4-2-11(3-5-12)13(17)16-14(10-15)6-8-18-9-7-14/h2-5H,6-10H2,1H3,(H,16,17). The topological polar surface area (TPSA) is 38.3 Å². The molecule has 1 aliphatic rings. The van der Waals surface area contributed by atoms with Crippen molar-refractivity contribution in [3.05, 3.63) is 29.8 Å². The molecule has 1 N–H and O–H groups in total. The third kappa shape index (κ3) is 3.65. The fraction of sp³-hybridized carbons (Fsp3) is 0.500. The molecule has 1 aliphatic heterocycles. The third-order valence-electron chi connectivity index (χ3n) is 3.44. The Labute approximate surface area is 123 Å². The molecule has 0 unspecified atom stereocenters. The van der Waals surface area contributed by atoms with Gasteiger partial charge in [0.05, 0.1) is 5.54 Å². The summed E-state index contributed by atoms with van der Waals surface area (Å²) in [7, 11) is 0. The van der Waals surface area contributed by atoms with Gasteiger partial charge >= 0.3 is 0 Å². The van der Waals surface area contributed by atoms with E-state index in [0.29, 0.717) is 24.7 Å². The first-order valence-corrected chi connectivity index (χ1v) is 8.05. The zero-order valence-electron chi connectivity index (χ0n) is 10.9. The molecule has 19 heavy (non-hydrogen) atoms. The lowest BCUT2D eigenvalue weighted by Crippen LogP contribution is -2.53. The fourth-order valence-corrected chi connectivity index (χ4v) is 2.85. The second-order valence-corrected chi connectivity index (χ2v) is 5.86. The van der Waals surface area contributed by atoms with Gasteiger partial charge in [-0.15, -0.1) is 23.4 Å². The number of hydrogen-bond acceptors (Lipinski definition) is 3. The predicted octanol–water partition coefficient (Wildman–Crippen LogP) is 2.93. The summed E-state index contributed by atoms with van der Waals surface area (Å²) >= 11 is 7.70. The summed E-state index contributed by atoms with van der Waals surface area (Å²) in [6.07, 6.45) is 3.55. The van der Waals surface area contributed by atoms with Gasteiger partial charge in [-0.3, -0.25) is 4.79 Å². The highest BCUT2D eigenvalue weighted by Crippen LogP contribution is 2.23. The molecule has 0 saturated carbocycles. The summed E-state index contributed by atoms with van der Waals surface area (Å²) in [6.45, 7) is 1.30. The van der Waals surface area contributed by atoms with E-state index in [0.717, 1.165) is 17.7 Å². The van der Waals surface area contributed by atoms with E-state index in [1.54, 1.807) is 11.8 Å². The number of halogens is 1. The molecule has 1 heterocycles. The molecule has 3 nitrogen and oxygen atoms in total. The monoisotopic (exact) mass is 299 g/mol. The lowest BCUT2D eigenvalue weighted by molar-refractivity contribution is 0.0434. The number of alkyl halides is 1. The van der Waals surface area contributed by atoms with E-state index < -0.39 is 0 Å². The van der Waals surface area contributed by atoms with E-state index in [-0.39, 0.29) is 11.4 Å². The maximum atomic E-state index is 12.3. The fourth-order valence-electron chi connectivity index (χ4n) is 2.11. The number of thioether (sulfide) groups is 1. The van der Waals surface area contributed by atoms with Crippen molar-refractivity contribution in [3.8, 4) is 0 Å². The molecule has 5 heteroatoms. The number of carbonyl (C=O) groups is 1. The van der Waals surface area contributed by atoms with E-state index >= 15 is 0 Å². The number of rotatable bonds is 4. The largest absolute Gasteiger partial charge is 0.381 e. The van der Waals surface area contributed by atoms with Gasteiger partial charge in [0, 0.05) is 29.6 Å². The Morgan fingerprint density at radius 1 is 1.37 bits per heavy atom. The molecule has 1 fully saturated rings. The predicted molar refractivity (Wildman–Crippen MR) is 79.2 cm³/mol. The van der Waals surface area contributed by atoms with Crippen molar-refractivity contribution in [2.24, 2.45) is 0 Å². The molecule has 0 radical (unpaired) electrons. The number of benzene rings is 1. The van der Waals surface area contributed by atoms with Crippen molar-refractivity contribution >= 4 is 29.3 Å². The summed E-state index contributed by atoms with van der Waals surface area (Å²) in [4.78, 5) is 13.4. The van der Waals surface area contributed by atoms with Gasteiger partial charge in [-0.05, 0) is 43.4 Å². The highest BCUT2D eigenvalue weighted by molar-refractivity contribution is 7.98. The first kappa shape index (κ1) is 14.7. The average Bonchev–Trinajstić information content (AvgIpc) is 2.48. The Morgan fingerprint density at radius 2 is 2.00 bits per heavy atom. The summed E-state index contributed by atoms with van der Waals surface area (Å²) in [5.74, 6) is 0.362. The van der Waals surface area contributed by atoms with Crippen LogP contribution in [0.2, 0.25) is 0 Å². The van der Waals surface area contributed by atoms with Crippen LogP contribution < -0.4 is 5.32 Å². The number of ether oxygens (including phenoxy) is 1. The van der Waals surface area contributed by atoms with Crippen LogP contribution in [0.5, 0.6) is 0 Å². The van der Waals surface area contributed by atoms with Crippen LogP contribution in [-0.2, 0) is 4.74 Å². The average molecular weight is 300 g/mol. The number of hydrogen-bond donors (Lipinski definition) is 1. The minimum atomic E-state index is -0.324. The Kier molecular flexibility index (Phi) is 5.13. The van der Waals surface area contributed by atoms with Gasteiger partial charge in [-0.25, -0.2) is 0 Å². The molecule has 0 bridgehead atoms. The Morgan fingerprint density at radius 3 is 2.53 bits per heavy atom. The van der Waals surface area contributed by atoms with Gasteiger partial charge < -0.3 is 10.1 Å². The van der Waals surface area contributed by atoms with Crippen molar-refractivity contribution in [3.63, 3.8) is 0 Å². The van der Waals surface area contributed by atoms with Gasteiger partial charge in [0.1, 0.15) is 0 Å². The van der Waals surface area contributed by atoms with Crippen LogP contribution in [0.25, 0.3) is 0 Å². The summed E-state index contributed by atoms with van der Waals surface area (Å²) in [5, 5.41) is 3.08. The Hall–Kier alpha value is -0.710. The normalized spacial score (nSPS) is 18.0. The number of amides is 1. The molecule has 0 atom stereocenters. The molecule has 1 aromatic rings.